The fraction of sp³-hybridized carbons (Fsp3) is 0.486. The van der Waals surface area contributed by atoms with Crippen molar-refractivity contribution in [1.82, 2.24) is 14.7 Å². The molecule has 216 valence electrons. The molecule has 1 aliphatic carbocycles. The number of likely N-dealkylation sites (tertiary alicyclic amines) is 2. The molecular formula is C35H43N3O3. The van der Waals surface area contributed by atoms with E-state index in [4.69, 9.17) is 4.74 Å². The number of hydrogen-bond donors (Lipinski definition) is 0. The van der Waals surface area contributed by atoms with Gasteiger partial charge in [-0.05, 0) is 59.9 Å². The molecule has 0 radical (unpaired) electrons. The lowest BCUT2D eigenvalue weighted by Crippen LogP contribution is -2.49. The minimum atomic E-state index is -0.169. The van der Waals surface area contributed by atoms with Crippen molar-refractivity contribution in [3.8, 4) is 0 Å². The Kier molecular flexibility index (Phi) is 8.56. The Morgan fingerprint density at radius 2 is 1.56 bits per heavy atom. The van der Waals surface area contributed by atoms with Gasteiger partial charge in [-0.1, -0.05) is 79.6 Å². The molecule has 0 N–H and O–H groups in total. The standard InChI is InChI=1S/C35H43N3O3/c1-41-35(40)38(22-26-10-5-6-11-26)30-18-20-36(21-19-30)23-29-24-37(25-33(29)28-12-3-2-4-13-28)34(39)32-17-9-15-27-14-7-8-16-31(27)32/h2-4,7-9,12-17,26,29-30,33H,5-6,10-11,18-25H2,1H3/t29-,33+/m0/s1. The Balaban J connectivity index is 1.14. The lowest BCUT2D eigenvalue weighted by molar-refractivity contribution is 0.0658. The zero-order valence-electron chi connectivity index (χ0n) is 24.3. The molecule has 3 aromatic rings. The third-order valence-corrected chi connectivity index (χ3v) is 9.81. The van der Waals surface area contributed by atoms with E-state index in [0.29, 0.717) is 17.8 Å². The molecule has 6 heteroatoms. The second kappa shape index (κ2) is 12.6. The fourth-order valence-corrected chi connectivity index (χ4v) is 7.59. The van der Waals surface area contributed by atoms with Crippen LogP contribution in [-0.4, -0.2) is 79.1 Å². The summed E-state index contributed by atoms with van der Waals surface area (Å²) in [6, 6.07) is 25.2. The molecule has 0 spiro atoms. The first kappa shape index (κ1) is 27.8. The molecule has 1 saturated carbocycles. The number of rotatable bonds is 7. The van der Waals surface area contributed by atoms with Crippen LogP contribution in [0.3, 0.4) is 0 Å². The largest absolute Gasteiger partial charge is 0.453 e. The summed E-state index contributed by atoms with van der Waals surface area (Å²) in [6.07, 6.45) is 6.79. The van der Waals surface area contributed by atoms with Crippen LogP contribution in [0.25, 0.3) is 10.8 Å². The van der Waals surface area contributed by atoms with Crippen LogP contribution < -0.4 is 0 Å². The van der Waals surface area contributed by atoms with Crippen molar-refractivity contribution >= 4 is 22.8 Å². The molecule has 2 amide bonds. The molecule has 0 bridgehead atoms. The maximum Gasteiger partial charge on any atom is 0.409 e. The van der Waals surface area contributed by atoms with E-state index in [1.165, 1.54) is 38.4 Å². The van der Waals surface area contributed by atoms with Gasteiger partial charge in [-0.2, -0.15) is 0 Å². The van der Waals surface area contributed by atoms with Gasteiger partial charge in [-0.25, -0.2) is 4.79 Å². The molecule has 0 aromatic heterocycles. The van der Waals surface area contributed by atoms with Crippen LogP contribution >= 0.6 is 0 Å². The lowest BCUT2D eigenvalue weighted by Gasteiger charge is -2.40. The van der Waals surface area contributed by atoms with Crippen LogP contribution in [-0.2, 0) is 4.74 Å². The number of methoxy groups -OCH3 is 1. The van der Waals surface area contributed by atoms with Crippen molar-refractivity contribution < 1.29 is 14.3 Å². The maximum absolute atomic E-state index is 13.9. The van der Waals surface area contributed by atoms with E-state index in [9.17, 15) is 9.59 Å². The van der Waals surface area contributed by atoms with Crippen LogP contribution in [0.1, 0.15) is 60.4 Å². The third-order valence-electron chi connectivity index (χ3n) is 9.81. The van der Waals surface area contributed by atoms with Gasteiger partial charge in [0, 0.05) is 56.8 Å². The molecule has 2 aliphatic heterocycles. The van der Waals surface area contributed by atoms with E-state index in [1.807, 2.05) is 29.2 Å². The summed E-state index contributed by atoms with van der Waals surface area (Å²) < 4.78 is 5.21. The number of amides is 2. The van der Waals surface area contributed by atoms with Crippen molar-refractivity contribution in [2.45, 2.75) is 50.5 Å². The number of carbonyl (C=O) groups is 2. The summed E-state index contributed by atoms with van der Waals surface area (Å²) in [5, 5.41) is 2.13. The van der Waals surface area contributed by atoms with E-state index in [-0.39, 0.29) is 18.0 Å². The second-order valence-electron chi connectivity index (χ2n) is 12.3. The molecular weight excluding hydrogens is 510 g/mol. The van der Waals surface area contributed by atoms with Crippen molar-refractivity contribution in [3.05, 3.63) is 83.9 Å². The fourth-order valence-electron chi connectivity index (χ4n) is 7.59. The van der Waals surface area contributed by atoms with Crippen LogP contribution in [0.5, 0.6) is 0 Å². The number of benzene rings is 3. The van der Waals surface area contributed by atoms with Crippen molar-refractivity contribution in [1.29, 1.82) is 0 Å². The molecule has 6 nitrogen and oxygen atoms in total. The smallest absolute Gasteiger partial charge is 0.409 e. The molecule has 3 fully saturated rings. The predicted molar refractivity (Wildman–Crippen MR) is 163 cm³/mol. The summed E-state index contributed by atoms with van der Waals surface area (Å²) >= 11 is 0. The molecule has 2 atom stereocenters. The molecule has 0 unspecified atom stereocenters. The Labute approximate surface area is 244 Å². The van der Waals surface area contributed by atoms with Gasteiger partial charge in [0.15, 0.2) is 0 Å². The summed E-state index contributed by atoms with van der Waals surface area (Å²) in [7, 11) is 1.51. The Morgan fingerprint density at radius 1 is 0.854 bits per heavy atom. The zero-order chi connectivity index (χ0) is 28.2. The predicted octanol–water partition coefficient (Wildman–Crippen LogP) is 6.42. The Bertz CT molecular complexity index is 1330. The van der Waals surface area contributed by atoms with Crippen LogP contribution in [0.2, 0.25) is 0 Å². The van der Waals surface area contributed by atoms with Gasteiger partial charge in [0.05, 0.1) is 7.11 Å². The van der Waals surface area contributed by atoms with Crippen molar-refractivity contribution in [2.24, 2.45) is 11.8 Å². The lowest BCUT2D eigenvalue weighted by atomic mass is 9.88. The molecule has 41 heavy (non-hydrogen) atoms. The van der Waals surface area contributed by atoms with Gasteiger partial charge >= 0.3 is 6.09 Å². The molecule has 3 aliphatic rings. The number of ether oxygens (including phenoxy) is 1. The second-order valence-corrected chi connectivity index (χ2v) is 12.3. The third kappa shape index (κ3) is 6.13. The monoisotopic (exact) mass is 553 g/mol. The minimum absolute atomic E-state index is 0.129. The van der Waals surface area contributed by atoms with Gasteiger partial charge in [0.25, 0.3) is 5.91 Å². The van der Waals surface area contributed by atoms with Gasteiger partial charge in [0.2, 0.25) is 0 Å². The van der Waals surface area contributed by atoms with E-state index in [0.717, 1.165) is 68.4 Å². The van der Waals surface area contributed by atoms with E-state index in [1.54, 1.807) is 0 Å². The van der Waals surface area contributed by atoms with E-state index < -0.39 is 0 Å². The first-order chi connectivity index (χ1) is 20.1. The van der Waals surface area contributed by atoms with Crippen LogP contribution in [0, 0.1) is 11.8 Å². The highest BCUT2D eigenvalue weighted by Crippen LogP contribution is 2.36. The summed E-state index contributed by atoms with van der Waals surface area (Å²) in [6.45, 7) is 5.24. The topological polar surface area (TPSA) is 53.1 Å². The first-order valence-electron chi connectivity index (χ1n) is 15.5. The molecule has 2 saturated heterocycles. The van der Waals surface area contributed by atoms with Gasteiger partial charge in [-0.15, -0.1) is 0 Å². The zero-order valence-corrected chi connectivity index (χ0v) is 24.3. The highest BCUT2D eigenvalue weighted by Gasteiger charge is 2.39. The maximum atomic E-state index is 13.9. The number of piperidine rings is 1. The average Bonchev–Trinajstić information content (AvgIpc) is 3.70. The first-order valence-corrected chi connectivity index (χ1v) is 15.5. The summed E-state index contributed by atoms with van der Waals surface area (Å²) in [4.78, 5) is 33.3. The van der Waals surface area contributed by atoms with E-state index >= 15 is 0 Å². The van der Waals surface area contributed by atoms with Crippen molar-refractivity contribution in [2.75, 3.05) is 46.4 Å². The summed E-state index contributed by atoms with van der Waals surface area (Å²) in [5.74, 6) is 1.41. The van der Waals surface area contributed by atoms with Crippen molar-refractivity contribution in [3.63, 3.8) is 0 Å². The number of nitrogens with zero attached hydrogens (tertiary/aromatic N) is 3. The highest BCUT2D eigenvalue weighted by atomic mass is 16.5. The molecule has 6 rings (SSSR count). The van der Waals surface area contributed by atoms with Crippen LogP contribution in [0.15, 0.2) is 72.8 Å². The Morgan fingerprint density at radius 3 is 2.32 bits per heavy atom. The summed E-state index contributed by atoms with van der Waals surface area (Å²) in [5.41, 5.74) is 2.11. The SMILES string of the molecule is COC(=O)N(CC1CCCC1)C1CCN(C[C@H]2CN(C(=O)c3cccc4ccccc34)C[C@@H]2c2ccccc2)CC1. The number of fused-ring (bicyclic) bond motifs is 1. The van der Waals surface area contributed by atoms with Gasteiger partial charge in [-0.3, -0.25) is 4.79 Å². The van der Waals surface area contributed by atoms with Gasteiger partial charge in [0.1, 0.15) is 0 Å². The van der Waals surface area contributed by atoms with Gasteiger partial charge < -0.3 is 19.4 Å². The average molecular weight is 554 g/mol. The minimum Gasteiger partial charge on any atom is -0.453 e. The number of carbonyl (C=O) groups excluding carboxylic acids is 2. The Hall–Kier alpha value is -3.38. The normalized spacial score (nSPS) is 22.3. The quantitative estimate of drug-likeness (QED) is 0.339. The number of hydrogen-bond acceptors (Lipinski definition) is 4. The molecule has 3 aromatic carbocycles. The van der Waals surface area contributed by atoms with E-state index in [2.05, 4.69) is 58.3 Å². The van der Waals surface area contributed by atoms with Crippen LogP contribution in [0.4, 0.5) is 4.79 Å². The molecule has 2 heterocycles. The highest BCUT2D eigenvalue weighted by molar-refractivity contribution is 6.07.